The SMILES string of the molecule is CC1CCCC(N(C)C(=O)c2cc([N+](=O)[O-])ccc2F)C1. The predicted octanol–water partition coefficient (Wildman–Crippen LogP) is 3.38. The van der Waals surface area contributed by atoms with Gasteiger partial charge in [-0.1, -0.05) is 19.8 Å². The molecule has 0 bridgehead atoms. The first-order valence-corrected chi connectivity index (χ1v) is 7.11. The van der Waals surface area contributed by atoms with Crippen LogP contribution in [-0.4, -0.2) is 28.8 Å². The van der Waals surface area contributed by atoms with E-state index in [2.05, 4.69) is 6.92 Å². The van der Waals surface area contributed by atoms with Gasteiger partial charge in [-0.25, -0.2) is 4.39 Å². The second-order valence-corrected chi connectivity index (χ2v) is 5.76. The summed E-state index contributed by atoms with van der Waals surface area (Å²) in [6.45, 7) is 2.14. The molecule has 21 heavy (non-hydrogen) atoms. The Balaban J connectivity index is 2.22. The number of nitro groups is 1. The van der Waals surface area contributed by atoms with E-state index in [1.807, 2.05) is 0 Å². The molecule has 0 aliphatic heterocycles. The van der Waals surface area contributed by atoms with E-state index in [1.54, 1.807) is 7.05 Å². The third-order valence-corrected chi connectivity index (χ3v) is 4.17. The number of halogens is 1. The summed E-state index contributed by atoms with van der Waals surface area (Å²) in [5, 5.41) is 10.8. The number of nitrogens with zero attached hydrogens (tertiary/aromatic N) is 2. The molecule has 1 aromatic rings. The van der Waals surface area contributed by atoms with Crippen molar-refractivity contribution in [3.05, 3.63) is 39.7 Å². The Bertz CT molecular complexity index is 562. The third kappa shape index (κ3) is 3.37. The third-order valence-electron chi connectivity index (χ3n) is 4.17. The average Bonchev–Trinajstić information content (AvgIpc) is 2.46. The molecule has 2 atom stereocenters. The first-order valence-electron chi connectivity index (χ1n) is 7.11. The van der Waals surface area contributed by atoms with Crippen molar-refractivity contribution in [2.45, 2.75) is 38.6 Å². The maximum absolute atomic E-state index is 13.8. The summed E-state index contributed by atoms with van der Waals surface area (Å²) >= 11 is 0. The van der Waals surface area contributed by atoms with Crippen LogP contribution in [-0.2, 0) is 0 Å². The van der Waals surface area contributed by atoms with Crippen molar-refractivity contribution in [1.82, 2.24) is 4.90 Å². The molecule has 2 unspecified atom stereocenters. The molecule has 1 aromatic carbocycles. The highest BCUT2D eigenvalue weighted by atomic mass is 19.1. The van der Waals surface area contributed by atoms with E-state index in [0.717, 1.165) is 43.9 Å². The predicted molar refractivity (Wildman–Crippen MR) is 76.6 cm³/mol. The van der Waals surface area contributed by atoms with Crippen LogP contribution in [0.15, 0.2) is 18.2 Å². The van der Waals surface area contributed by atoms with Gasteiger partial charge in [0.2, 0.25) is 0 Å². The van der Waals surface area contributed by atoms with Gasteiger partial charge in [0.1, 0.15) is 5.82 Å². The standard InChI is InChI=1S/C15H19FN2O3/c1-10-4-3-5-11(8-10)17(2)15(19)13-9-12(18(20)21)6-7-14(13)16/h6-7,9-11H,3-5,8H2,1-2H3. The molecule has 1 aliphatic carbocycles. The molecule has 0 N–H and O–H groups in total. The van der Waals surface area contributed by atoms with Crippen molar-refractivity contribution in [3.8, 4) is 0 Å². The first-order chi connectivity index (χ1) is 9.90. The topological polar surface area (TPSA) is 63.5 Å². The van der Waals surface area contributed by atoms with Crippen LogP contribution in [0, 0.1) is 21.8 Å². The smallest absolute Gasteiger partial charge is 0.270 e. The Labute approximate surface area is 122 Å². The molecule has 0 heterocycles. The lowest BCUT2D eigenvalue weighted by Crippen LogP contribution is -2.40. The molecule has 6 heteroatoms. The van der Waals surface area contributed by atoms with E-state index in [1.165, 1.54) is 4.90 Å². The molecular weight excluding hydrogens is 275 g/mol. The number of hydrogen-bond donors (Lipinski definition) is 0. The number of benzene rings is 1. The van der Waals surface area contributed by atoms with Crippen molar-refractivity contribution in [3.63, 3.8) is 0 Å². The fourth-order valence-corrected chi connectivity index (χ4v) is 2.90. The fraction of sp³-hybridized carbons (Fsp3) is 0.533. The van der Waals surface area contributed by atoms with Crippen LogP contribution >= 0.6 is 0 Å². The molecule has 2 rings (SSSR count). The number of carbonyl (C=O) groups excluding carboxylic acids is 1. The van der Waals surface area contributed by atoms with Gasteiger partial charge in [0.25, 0.3) is 11.6 Å². The van der Waals surface area contributed by atoms with Gasteiger partial charge in [0.15, 0.2) is 0 Å². The zero-order valence-electron chi connectivity index (χ0n) is 12.2. The Morgan fingerprint density at radius 2 is 2.14 bits per heavy atom. The lowest BCUT2D eigenvalue weighted by Gasteiger charge is -2.34. The van der Waals surface area contributed by atoms with Crippen LogP contribution in [0.3, 0.4) is 0 Å². The summed E-state index contributed by atoms with van der Waals surface area (Å²) in [5.41, 5.74) is -0.505. The van der Waals surface area contributed by atoms with E-state index in [-0.39, 0.29) is 17.3 Å². The zero-order chi connectivity index (χ0) is 15.6. The quantitative estimate of drug-likeness (QED) is 0.634. The van der Waals surface area contributed by atoms with Gasteiger partial charge in [-0.3, -0.25) is 14.9 Å². The van der Waals surface area contributed by atoms with Gasteiger partial charge in [0.05, 0.1) is 10.5 Å². The number of hydrogen-bond acceptors (Lipinski definition) is 3. The zero-order valence-corrected chi connectivity index (χ0v) is 12.2. The van der Waals surface area contributed by atoms with Gasteiger partial charge in [-0.05, 0) is 24.8 Å². The Morgan fingerprint density at radius 1 is 1.43 bits per heavy atom. The Hall–Kier alpha value is -1.98. The summed E-state index contributed by atoms with van der Waals surface area (Å²) in [6.07, 6.45) is 3.96. The Kier molecular flexibility index (Phi) is 4.55. The van der Waals surface area contributed by atoms with E-state index >= 15 is 0 Å². The molecular formula is C15H19FN2O3. The number of non-ortho nitro benzene ring substituents is 1. The summed E-state index contributed by atoms with van der Waals surface area (Å²) < 4.78 is 13.8. The minimum absolute atomic E-state index is 0.0694. The summed E-state index contributed by atoms with van der Waals surface area (Å²) in [5.74, 6) is -0.675. The normalized spacial score (nSPS) is 21.9. The van der Waals surface area contributed by atoms with E-state index in [0.29, 0.717) is 5.92 Å². The molecule has 0 spiro atoms. The minimum atomic E-state index is -0.721. The Morgan fingerprint density at radius 3 is 2.76 bits per heavy atom. The lowest BCUT2D eigenvalue weighted by molar-refractivity contribution is -0.384. The maximum Gasteiger partial charge on any atom is 0.270 e. The van der Waals surface area contributed by atoms with Gasteiger partial charge >= 0.3 is 0 Å². The van der Waals surface area contributed by atoms with Gasteiger partial charge in [-0.15, -0.1) is 0 Å². The number of rotatable bonds is 3. The second kappa shape index (κ2) is 6.20. The highest BCUT2D eigenvalue weighted by molar-refractivity contribution is 5.95. The average molecular weight is 294 g/mol. The van der Waals surface area contributed by atoms with Crippen LogP contribution in [0.5, 0.6) is 0 Å². The molecule has 114 valence electrons. The summed E-state index contributed by atoms with van der Waals surface area (Å²) in [4.78, 5) is 24.1. The monoisotopic (exact) mass is 294 g/mol. The molecule has 5 nitrogen and oxygen atoms in total. The van der Waals surface area contributed by atoms with E-state index in [9.17, 15) is 19.3 Å². The maximum atomic E-state index is 13.8. The van der Waals surface area contributed by atoms with Crippen molar-refractivity contribution >= 4 is 11.6 Å². The van der Waals surface area contributed by atoms with Crippen LogP contribution in [0.2, 0.25) is 0 Å². The number of carbonyl (C=O) groups is 1. The van der Waals surface area contributed by atoms with Crippen LogP contribution in [0.25, 0.3) is 0 Å². The largest absolute Gasteiger partial charge is 0.339 e. The fourth-order valence-electron chi connectivity index (χ4n) is 2.90. The van der Waals surface area contributed by atoms with Gasteiger partial charge < -0.3 is 4.90 Å². The molecule has 1 fully saturated rings. The number of nitro benzene ring substituents is 1. The first kappa shape index (κ1) is 15.4. The highest BCUT2D eigenvalue weighted by Gasteiger charge is 2.28. The molecule has 1 amide bonds. The van der Waals surface area contributed by atoms with E-state index < -0.39 is 16.6 Å². The van der Waals surface area contributed by atoms with Crippen LogP contribution < -0.4 is 0 Å². The molecule has 0 radical (unpaired) electrons. The van der Waals surface area contributed by atoms with Crippen molar-refractivity contribution in [2.75, 3.05) is 7.05 Å². The number of amides is 1. The summed E-state index contributed by atoms with van der Waals surface area (Å²) in [7, 11) is 1.64. The second-order valence-electron chi connectivity index (χ2n) is 5.76. The summed E-state index contributed by atoms with van der Waals surface area (Å²) in [6, 6.07) is 3.12. The van der Waals surface area contributed by atoms with Crippen molar-refractivity contribution in [1.29, 1.82) is 0 Å². The van der Waals surface area contributed by atoms with Gasteiger partial charge in [-0.2, -0.15) is 0 Å². The van der Waals surface area contributed by atoms with Crippen LogP contribution in [0.4, 0.5) is 10.1 Å². The minimum Gasteiger partial charge on any atom is -0.339 e. The molecule has 1 aliphatic rings. The lowest BCUT2D eigenvalue weighted by atomic mass is 9.86. The highest BCUT2D eigenvalue weighted by Crippen LogP contribution is 2.28. The van der Waals surface area contributed by atoms with Crippen molar-refractivity contribution < 1.29 is 14.1 Å². The molecule has 0 saturated heterocycles. The molecule has 0 aromatic heterocycles. The van der Waals surface area contributed by atoms with Crippen LogP contribution in [0.1, 0.15) is 43.0 Å². The van der Waals surface area contributed by atoms with E-state index in [4.69, 9.17) is 0 Å². The van der Waals surface area contributed by atoms with Crippen molar-refractivity contribution in [2.24, 2.45) is 5.92 Å². The van der Waals surface area contributed by atoms with Gasteiger partial charge in [0, 0.05) is 25.2 Å². The molecule has 1 saturated carbocycles.